The average molecular weight is 333 g/mol. The van der Waals surface area contributed by atoms with Crippen molar-refractivity contribution in [1.82, 2.24) is 10.3 Å². The molecule has 1 aromatic heterocycles. The number of carbonyl (C=O) groups excluding carboxylic acids is 1. The van der Waals surface area contributed by atoms with Crippen molar-refractivity contribution >= 4 is 5.91 Å². The third-order valence-electron chi connectivity index (χ3n) is 3.99. The van der Waals surface area contributed by atoms with Gasteiger partial charge in [0.1, 0.15) is 18.2 Å². The quantitative estimate of drug-likeness (QED) is 0.839. The lowest BCUT2D eigenvalue weighted by Gasteiger charge is -2.12. The summed E-state index contributed by atoms with van der Waals surface area (Å²) in [6.45, 7) is 0.885. The number of benzene rings is 1. The zero-order valence-electron chi connectivity index (χ0n) is 13.2. The Morgan fingerprint density at radius 1 is 1.33 bits per heavy atom. The second-order valence-corrected chi connectivity index (χ2v) is 5.75. The molecule has 1 fully saturated rings. The van der Waals surface area contributed by atoms with Crippen LogP contribution in [0, 0.1) is 5.82 Å². The molecule has 24 heavy (non-hydrogen) atoms. The van der Waals surface area contributed by atoms with E-state index in [1.54, 1.807) is 18.4 Å². The lowest BCUT2D eigenvalue weighted by atomic mass is 10.2. The van der Waals surface area contributed by atoms with Crippen molar-refractivity contribution < 1.29 is 18.3 Å². The molecule has 2 heterocycles. The van der Waals surface area contributed by atoms with Crippen LogP contribution in [0.25, 0.3) is 11.5 Å². The fourth-order valence-corrected chi connectivity index (χ4v) is 2.65. The summed E-state index contributed by atoms with van der Waals surface area (Å²) < 4.78 is 23.9. The fourth-order valence-electron chi connectivity index (χ4n) is 2.65. The van der Waals surface area contributed by atoms with E-state index in [1.807, 2.05) is 0 Å². The molecule has 2 atom stereocenters. The van der Waals surface area contributed by atoms with Gasteiger partial charge in [0, 0.05) is 25.1 Å². The standard InChI is InChI=1S/C17H20FN3O3/c18-12-3-1-11(2-4-12)17-21-13(10-23-17)7-8-20-16(22)15-6-5-14(9-19)24-15/h1-4,10,14-15H,5-9,19H2,(H,20,22)/t14-,15+/m1/s1. The zero-order valence-corrected chi connectivity index (χ0v) is 13.2. The molecule has 7 heteroatoms. The Hall–Kier alpha value is -2.25. The number of halogens is 1. The molecule has 0 unspecified atom stereocenters. The summed E-state index contributed by atoms with van der Waals surface area (Å²) in [6, 6.07) is 5.93. The van der Waals surface area contributed by atoms with Gasteiger partial charge in [-0.15, -0.1) is 0 Å². The topological polar surface area (TPSA) is 90.4 Å². The minimum Gasteiger partial charge on any atom is -0.444 e. The number of hydrogen-bond donors (Lipinski definition) is 2. The molecule has 3 N–H and O–H groups in total. The minimum atomic E-state index is -0.411. The highest BCUT2D eigenvalue weighted by Crippen LogP contribution is 2.20. The Balaban J connectivity index is 1.47. The van der Waals surface area contributed by atoms with Crippen LogP contribution in [0.2, 0.25) is 0 Å². The highest BCUT2D eigenvalue weighted by molar-refractivity contribution is 5.81. The van der Waals surface area contributed by atoms with Crippen molar-refractivity contribution in [3.63, 3.8) is 0 Å². The second-order valence-electron chi connectivity index (χ2n) is 5.75. The number of aromatic nitrogens is 1. The van der Waals surface area contributed by atoms with E-state index >= 15 is 0 Å². The Labute approximate surface area is 139 Å². The van der Waals surface area contributed by atoms with E-state index in [9.17, 15) is 9.18 Å². The summed E-state index contributed by atoms with van der Waals surface area (Å²) >= 11 is 0. The zero-order chi connectivity index (χ0) is 16.9. The molecule has 128 valence electrons. The first-order valence-electron chi connectivity index (χ1n) is 7.99. The van der Waals surface area contributed by atoms with Gasteiger partial charge >= 0.3 is 0 Å². The first kappa shape index (κ1) is 16.6. The van der Waals surface area contributed by atoms with Crippen molar-refractivity contribution in [1.29, 1.82) is 0 Å². The van der Waals surface area contributed by atoms with E-state index in [0.29, 0.717) is 37.4 Å². The number of oxazole rings is 1. The number of nitrogens with one attached hydrogen (secondary N) is 1. The molecular formula is C17H20FN3O3. The van der Waals surface area contributed by atoms with Crippen LogP contribution >= 0.6 is 0 Å². The molecule has 0 aliphatic carbocycles. The maximum Gasteiger partial charge on any atom is 0.249 e. The largest absolute Gasteiger partial charge is 0.444 e. The van der Waals surface area contributed by atoms with Crippen LogP contribution in [0.1, 0.15) is 18.5 Å². The summed E-state index contributed by atoms with van der Waals surface area (Å²) in [5.74, 6) is 0.00805. The number of ether oxygens (including phenoxy) is 1. The van der Waals surface area contributed by atoms with Crippen LogP contribution in [0.4, 0.5) is 4.39 Å². The molecule has 2 aromatic rings. The molecule has 1 aromatic carbocycles. The maximum atomic E-state index is 12.9. The van der Waals surface area contributed by atoms with Crippen LogP contribution in [0.3, 0.4) is 0 Å². The second kappa shape index (κ2) is 7.55. The van der Waals surface area contributed by atoms with Gasteiger partial charge in [-0.05, 0) is 37.1 Å². The van der Waals surface area contributed by atoms with Crippen molar-refractivity contribution in [2.45, 2.75) is 31.5 Å². The summed E-state index contributed by atoms with van der Waals surface area (Å²) in [7, 11) is 0. The smallest absolute Gasteiger partial charge is 0.249 e. The van der Waals surface area contributed by atoms with Gasteiger partial charge in [-0.2, -0.15) is 0 Å². The molecule has 1 amide bonds. The number of hydrogen-bond acceptors (Lipinski definition) is 5. The molecule has 6 nitrogen and oxygen atoms in total. The van der Waals surface area contributed by atoms with Gasteiger partial charge in [0.25, 0.3) is 0 Å². The highest BCUT2D eigenvalue weighted by Gasteiger charge is 2.29. The van der Waals surface area contributed by atoms with Crippen molar-refractivity contribution in [2.24, 2.45) is 5.73 Å². The molecule has 0 radical (unpaired) electrons. The average Bonchev–Trinajstić information content (AvgIpc) is 3.24. The predicted molar refractivity (Wildman–Crippen MR) is 85.6 cm³/mol. The maximum absolute atomic E-state index is 12.9. The van der Waals surface area contributed by atoms with Gasteiger partial charge in [0.2, 0.25) is 11.8 Å². The van der Waals surface area contributed by atoms with Crippen molar-refractivity contribution in [3.8, 4) is 11.5 Å². The van der Waals surface area contributed by atoms with Crippen LogP contribution in [-0.2, 0) is 16.0 Å². The number of nitrogens with zero attached hydrogens (tertiary/aromatic N) is 1. The fraction of sp³-hybridized carbons (Fsp3) is 0.412. The monoisotopic (exact) mass is 333 g/mol. The van der Waals surface area contributed by atoms with Crippen molar-refractivity contribution in [2.75, 3.05) is 13.1 Å². The van der Waals surface area contributed by atoms with Gasteiger partial charge in [-0.25, -0.2) is 9.37 Å². The Bertz CT molecular complexity index is 687. The summed E-state index contributed by atoms with van der Waals surface area (Å²) in [5.41, 5.74) is 6.97. The molecular weight excluding hydrogens is 313 g/mol. The van der Waals surface area contributed by atoms with E-state index in [0.717, 1.165) is 12.1 Å². The van der Waals surface area contributed by atoms with Gasteiger partial charge in [-0.1, -0.05) is 0 Å². The lowest BCUT2D eigenvalue weighted by Crippen LogP contribution is -2.36. The Morgan fingerprint density at radius 2 is 2.12 bits per heavy atom. The Kier molecular flexibility index (Phi) is 5.22. The van der Waals surface area contributed by atoms with E-state index in [1.165, 1.54) is 12.1 Å². The lowest BCUT2D eigenvalue weighted by molar-refractivity contribution is -0.131. The van der Waals surface area contributed by atoms with E-state index in [2.05, 4.69) is 10.3 Å². The Morgan fingerprint density at radius 3 is 2.83 bits per heavy atom. The van der Waals surface area contributed by atoms with Crippen LogP contribution in [0.5, 0.6) is 0 Å². The summed E-state index contributed by atoms with van der Waals surface area (Å²) in [5, 5.41) is 2.84. The van der Waals surface area contributed by atoms with Crippen molar-refractivity contribution in [3.05, 3.63) is 42.0 Å². The molecule has 0 saturated carbocycles. The summed E-state index contributed by atoms with van der Waals surface area (Å²) in [4.78, 5) is 16.3. The number of carbonyl (C=O) groups is 1. The number of nitrogens with two attached hydrogens (primary N) is 1. The minimum absolute atomic E-state index is 0.0189. The first-order valence-corrected chi connectivity index (χ1v) is 7.99. The van der Waals surface area contributed by atoms with Gasteiger partial charge in [0.15, 0.2) is 0 Å². The number of rotatable bonds is 6. The SMILES string of the molecule is NC[C@H]1CC[C@@H](C(=O)NCCc2coc(-c3ccc(F)cc3)n2)O1. The highest BCUT2D eigenvalue weighted by atomic mass is 19.1. The molecule has 1 aliphatic rings. The normalized spacial score (nSPS) is 20.2. The summed E-state index contributed by atoms with van der Waals surface area (Å²) in [6.07, 6.45) is 3.18. The molecule has 0 spiro atoms. The third kappa shape index (κ3) is 3.98. The van der Waals surface area contributed by atoms with Crippen LogP contribution < -0.4 is 11.1 Å². The third-order valence-corrected chi connectivity index (χ3v) is 3.99. The van der Waals surface area contributed by atoms with Gasteiger partial charge in [0.05, 0.1) is 11.8 Å². The van der Waals surface area contributed by atoms with Crippen LogP contribution in [-0.4, -0.2) is 36.2 Å². The van der Waals surface area contributed by atoms with E-state index in [4.69, 9.17) is 14.9 Å². The number of amides is 1. The molecule has 1 aliphatic heterocycles. The van der Waals surface area contributed by atoms with Gasteiger partial charge < -0.3 is 20.2 Å². The van der Waals surface area contributed by atoms with Gasteiger partial charge in [-0.3, -0.25) is 4.79 Å². The van der Waals surface area contributed by atoms with E-state index < -0.39 is 6.10 Å². The predicted octanol–water partition coefficient (Wildman–Crippen LogP) is 1.65. The molecule has 1 saturated heterocycles. The van der Waals surface area contributed by atoms with Crippen LogP contribution in [0.15, 0.2) is 34.9 Å². The molecule has 3 rings (SSSR count). The van der Waals surface area contributed by atoms with E-state index in [-0.39, 0.29) is 17.8 Å². The molecule has 0 bridgehead atoms. The first-order chi connectivity index (χ1) is 11.7.